The van der Waals surface area contributed by atoms with Gasteiger partial charge in [-0.3, -0.25) is 0 Å². The first-order valence-corrected chi connectivity index (χ1v) is 29.3. The van der Waals surface area contributed by atoms with Crippen molar-refractivity contribution in [3.05, 3.63) is 324 Å². The smallest absolute Gasteiger partial charge is 0.0731 e. The van der Waals surface area contributed by atoms with Crippen molar-refractivity contribution in [3.8, 4) is 55.6 Å². The Morgan fingerprint density at radius 3 is 1.04 bits per heavy atom. The maximum Gasteiger partial charge on any atom is 0.0731 e. The molecule has 392 valence electrons. The topological polar surface area (TPSA) is 6.48 Å². The second-order valence-corrected chi connectivity index (χ2v) is 24.2. The van der Waals surface area contributed by atoms with E-state index in [0.29, 0.717) is 0 Å². The quantitative estimate of drug-likeness (QED) is 0.159. The minimum absolute atomic E-state index is 0.284. The molecule has 0 aromatic heterocycles. The molecular formula is C81H58N2. The fraction of sp³-hybridized carbons (Fsp3) is 0.0864. The molecule has 0 bridgehead atoms. The Morgan fingerprint density at radius 2 is 0.566 bits per heavy atom. The molecule has 13 aromatic carbocycles. The summed E-state index contributed by atoms with van der Waals surface area (Å²) in [6.07, 6.45) is 0. The van der Waals surface area contributed by atoms with E-state index in [-0.39, 0.29) is 10.8 Å². The van der Waals surface area contributed by atoms with Crippen LogP contribution in [-0.2, 0) is 16.2 Å². The lowest BCUT2D eigenvalue weighted by molar-refractivity contribution is 0.632. The highest BCUT2D eigenvalue weighted by molar-refractivity contribution is 6.21. The van der Waals surface area contributed by atoms with E-state index in [1.807, 2.05) is 0 Å². The summed E-state index contributed by atoms with van der Waals surface area (Å²) in [5.41, 5.74) is 29.1. The molecule has 13 aromatic rings. The summed E-state index contributed by atoms with van der Waals surface area (Å²) >= 11 is 0. The summed E-state index contributed by atoms with van der Waals surface area (Å²) in [6, 6.07) is 106. The standard InChI is InChI=1S/C81H58N2/c1-79(2)69-44-17-19-48-73(69)82(51-26-7-5-8-27-51)77-61(38-24-46-71(77)79)53-33-21-35-58-64(53)50-65-54(62-39-25-47-72-78(62)83(52-28-9-6-10-29-52)74-49-20-18-45-70(74)80(72,3)4)34-22-36-59(65)75(58)63-40-23-37-60-57-32-13-16-43-68(57)81(76(60)63)66-41-14-11-30-55(66)56-31-12-15-42-67(56)81/h5-50H,1-4H3. The molecule has 2 heteroatoms. The van der Waals surface area contributed by atoms with E-state index in [1.54, 1.807) is 0 Å². The number of hydrogen-bond acceptors (Lipinski definition) is 2. The first kappa shape index (κ1) is 47.8. The van der Waals surface area contributed by atoms with Crippen LogP contribution in [0.5, 0.6) is 0 Å². The van der Waals surface area contributed by atoms with Crippen molar-refractivity contribution in [2.24, 2.45) is 0 Å². The molecule has 0 amide bonds. The summed E-state index contributed by atoms with van der Waals surface area (Å²) in [6.45, 7) is 9.61. The van der Waals surface area contributed by atoms with E-state index in [1.165, 1.54) is 144 Å². The largest absolute Gasteiger partial charge is 0.309 e. The van der Waals surface area contributed by atoms with Crippen molar-refractivity contribution in [2.45, 2.75) is 43.9 Å². The lowest BCUT2D eigenvalue weighted by atomic mass is 9.68. The third kappa shape index (κ3) is 6.38. The first-order valence-electron chi connectivity index (χ1n) is 29.3. The number of anilines is 6. The van der Waals surface area contributed by atoms with Crippen LogP contribution in [0.1, 0.15) is 72.2 Å². The van der Waals surface area contributed by atoms with Crippen molar-refractivity contribution < 1.29 is 0 Å². The molecule has 4 aliphatic rings. The Hall–Kier alpha value is -10.0. The van der Waals surface area contributed by atoms with Gasteiger partial charge in [-0.1, -0.05) is 264 Å². The van der Waals surface area contributed by atoms with Crippen LogP contribution in [0.15, 0.2) is 279 Å². The molecule has 0 unspecified atom stereocenters. The van der Waals surface area contributed by atoms with E-state index < -0.39 is 5.41 Å². The van der Waals surface area contributed by atoms with Crippen molar-refractivity contribution in [1.82, 2.24) is 0 Å². The summed E-state index contributed by atoms with van der Waals surface area (Å²) < 4.78 is 0. The number of rotatable bonds is 5. The van der Waals surface area contributed by atoms with Gasteiger partial charge >= 0.3 is 0 Å². The van der Waals surface area contributed by atoms with Gasteiger partial charge < -0.3 is 9.80 Å². The lowest BCUT2D eigenvalue weighted by Crippen LogP contribution is -2.31. The molecule has 0 saturated heterocycles. The molecular weight excluding hydrogens is 1000 g/mol. The van der Waals surface area contributed by atoms with E-state index >= 15 is 0 Å². The Morgan fingerprint density at radius 1 is 0.241 bits per heavy atom. The number of para-hydroxylation sites is 6. The molecule has 1 spiro atoms. The van der Waals surface area contributed by atoms with E-state index in [2.05, 4.69) is 317 Å². The monoisotopic (exact) mass is 1060 g/mol. The zero-order chi connectivity index (χ0) is 55.3. The normalized spacial score (nSPS) is 15.0. The van der Waals surface area contributed by atoms with Crippen molar-refractivity contribution in [2.75, 3.05) is 9.80 Å². The maximum atomic E-state index is 2.56. The zero-order valence-electron chi connectivity index (χ0n) is 47.0. The summed E-state index contributed by atoms with van der Waals surface area (Å²) in [7, 11) is 0. The molecule has 17 rings (SSSR count). The predicted molar refractivity (Wildman–Crippen MR) is 348 cm³/mol. The average molecular weight is 1060 g/mol. The second kappa shape index (κ2) is 17.5. The molecule has 0 N–H and O–H groups in total. The number of hydrogen-bond donors (Lipinski definition) is 0. The zero-order valence-corrected chi connectivity index (χ0v) is 47.0. The van der Waals surface area contributed by atoms with Crippen LogP contribution in [0.25, 0.3) is 77.2 Å². The highest BCUT2D eigenvalue weighted by Gasteiger charge is 2.53. The summed E-state index contributed by atoms with van der Waals surface area (Å²) in [4.78, 5) is 5.07. The molecule has 0 fully saturated rings. The average Bonchev–Trinajstić information content (AvgIpc) is 3.23. The Balaban J connectivity index is 1.03. The Labute approximate surface area is 485 Å². The van der Waals surface area contributed by atoms with Gasteiger partial charge in [0.15, 0.2) is 0 Å². The van der Waals surface area contributed by atoms with Gasteiger partial charge in [-0.15, -0.1) is 0 Å². The third-order valence-corrected chi connectivity index (χ3v) is 19.4. The van der Waals surface area contributed by atoms with Gasteiger partial charge in [0.2, 0.25) is 0 Å². The van der Waals surface area contributed by atoms with Gasteiger partial charge in [0.05, 0.1) is 28.2 Å². The lowest BCUT2D eigenvalue weighted by Gasteiger charge is -2.43. The van der Waals surface area contributed by atoms with Crippen LogP contribution in [-0.4, -0.2) is 0 Å². The molecule has 2 heterocycles. The van der Waals surface area contributed by atoms with Crippen LogP contribution in [0.3, 0.4) is 0 Å². The fourth-order valence-electron chi connectivity index (χ4n) is 15.9. The number of fused-ring (bicyclic) bond motifs is 16. The highest BCUT2D eigenvalue weighted by atomic mass is 15.2. The van der Waals surface area contributed by atoms with Crippen LogP contribution >= 0.6 is 0 Å². The van der Waals surface area contributed by atoms with E-state index in [0.717, 1.165) is 11.4 Å². The molecule has 2 nitrogen and oxygen atoms in total. The fourth-order valence-corrected chi connectivity index (χ4v) is 15.9. The van der Waals surface area contributed by atoms with Gasteiger partial charge in [-0.05, 0) is 153 Å². The number of benzene rings is 13. The SMILES string of the molecule is CC1(C)c2ccccc2N(c2ccccc2)c2c(-c3cccc4c(-c5cccc6c5C5(c7ccccc7-c7ccccc75)c5ccccc5-6)c5cccc(-c6cccc7c6N(c6ccccc6)c6ccccc6C7(C)C)c5cc34)cccc21. The van der Waals surface area contributed by atoms with E-state index in [4.69, 9.17) is 0 Å². The molecule has 83 heavy (non-hydrogen) atoms. The summed E-state index contributed by atoms with van der Waals surface area (Å²) in [5.74, 6) is 0. The van der Waals surface area contributed by atoms with Gasteiger partial charge in [0.25, 0.3) is 0 Å². The van der Waals surface area contributed by atoms with Crippen LogP contribution in [0.4, 0.5) is 34.1 Å². The first-order chi connectivity index (χ1) is 40.8. The molecule has 0 saturated carbocycles. The van der Waals surface area contributed by atoms with Crippen molar-refractivity contribution in [3.63, 3.8) is 0 Å². The molecule has 0 radical (unpaired) electrons. The Bertz CT molecular complexity index is 4600. The minimum atomic E-state index is -0.569. The molecule has 0 atom stereocenters. The highest BCUT2D eigenvalue weighted by Crippen LogP contribution is 2.66. The third-order valence-electron chi connectivity index (χ3n) is 19.4. The number of nitrogens with zero attached hydrogens (tertiary/aromatic N) is 2. The van der Waals surface area contributed by atoms with Crippen molar-refractivity contribution >= 4 is 55.7 Å². The van der Waals surface area contributed by atoms with Crippen molar-refractivity contribution in [1.29, 1.82) is 0 Å². The van der Waals surface area contributed by atoms with E-state index in [9.17, 15) is 0 Å². The van der Waals surface area contributed by atoms with Gasteiger partial charge in [-0.25, -0.2) is 0 Å². The Kier molecular flexibility index (Phi) is 10.1. The maximum absolute atomic E-state index is 2.56. The van der Waals surface area contributed by atoms with Gasteiger partial charge in [0, 0.05) is 33.3 Å². The second-order valence-electron chi connectivity index (χ2n) is 24.2. The van der Waals surface area contributed by atoms with Crippen LogP contribution in [0.2, 0.25) is 0 Å². The van der Waals surface area contributed by atoms with Gasteiger partial charge in [-0.2, -0.15) is 0 Å². The summed E-state index contributed by atoms with van der Waals surface area (Å²) in [5, 5.41) is 4.87. The predicted octanol–water partition coefficient (Wildman–Crippen LogP) is 21.6. The molecule has 2 aliphatic carbocycles. The van der Waals surface area contributed by atoms with Crippen LogP contribution < -0.4 is 9.80 Å². The van der Waals surface area contributed by atoms with Gasteiger partial charge in [0.1, 0.15) is 0 Å². The molecule has 2 aliphatic heterocycles. The minimum Gasteiger partial charge on any atom is -0.309 e. The van der Waals surface area contributed by atoms with Crippen LogP contribution in [0, 0.1) is 0 Å².